The van der Waals surface area contributed by atoms with Gasteiger partial charge in [0.15, 0.2) is 0 Å². The van der Waals surface area contributed by atoms with Gasteiger partial charge in [-0.1, -0.05) is 12.1 Å². The van der Waals surface area contributed by atoms with Gasteiger partial charge in [0.05, 0.1) is 10.9 Å². The molecule has 0 radical (unpaired) electrons. The minimum atomic E-state index is -3.70. The van der Waals surface area contributed by atoms with E-state index in [4.69, 9.17) is 5.14 Å². The molecule has 0 saturated carbocycles. The third-order valence-corrected chi connectivity index (χ3v) is 6.31. The average Bonchev–Trinajstić information content (AvgIpc) is 2.74. The topological polar surface area (TPSA) is 95.7 Å². The van der Waals surface area contributed by atoms with Crippen LogP contribution < -0.4 is 15.4 Å². The lowest BCUT2D eigenvalue weighted by atomic mass is 10.0. The summed E-state index contributed by atoms with van der Waals surface area (Å²) in [5, 5.41) is 8.33. The largest absolute Gasteiger partial charge is 0.368 e. The Balaban J connectivity index is 0.000000316. The molecular formula is C22H31FN4O3S. The monoisotopic (exact) mass is 450 g/mol. The van der Waals surface area contributed by atoms with Gasteiger partial charge in [-0.15, -0.1) is 0 Å². The van der Waals surface area contributed by atoms with E-state index in [9.17, 15) is 17.6 Å². The lowest BCUT2D eigenvalue weighted by Crippen LogP contribution is -2.48. The lowest BCUT2D eigenvalue weighted by Gasteiger charge is -2.28. The number of hydrogen-bond acceptors (Lipinski definition) is 5. The summed E-state index contributed by atoms with van der Waals surface area (Å²) in [5.74, 6) is -0.234. The highest BCUT2D eigenvalue weighted by atomic mass is 32.2. The van der Waals surface area contributed by atoms with Crippen molar-refractivity contribution in [3.8, 4) is 0 Å². The normalized spacial score (nSPS) is 17.4. The highest BCUT2D eigenvalue weighted by molar-refractivity contribution is 7.89. The highest BCUT2D eigenvalue weighted by Crippen LogP contribution is 2.27. The van der Waals surface area contributed by atoms with Crippen LogP contribution in [0.2, 0.25) is 0 Å². The predicted molar refractivity (Wildman–Crippen MR) is 121 cm³/mol. The fraction of sp³-hybridized carbons (Fsp3) is 0.409. The first kappa shape index (κ1) is 24.8. The molecule has 1 fully saturated rings. The van der Waals surface area contributed by atoms with Crippen LogP contribution in [0.15, 0.2) is 47.4 Å². The number of carbonyl (C=O) groups is 1. The number of piperazine rings is 1. The number of rotatable bonds is 5. The summed E-state index contributed by atoms with van der Waals surface area (Å²) in [4.78, 5) is 14.0. The maximum atomic E-state index is 13.7. The van der Waals surface area contributed by atoms with E-state index in [1.165, 1.54) is 18.2 Å². The molecule has 1 aliphatic heterocycles. The standard InChI is InChI=1S/C16H19FN2O2S.C6H12N2O/c1-11-4-5-13(10-16(11)17)12(2)19(3)14-6-8-15(9-7-14)22(18,20)21;1-6-4-8(5-9)3-2-7-6/h4-10,12H,1-3H3,(H2,18,20,21);5-7H,2-4H2,1H3/t;6-/m.1/s1. The molecule has 3 N–H and O–H groups in total. The molecule has 0 aliphatic carbocycles. The zero-order chi connectivity index (χ0) is 23.2. The predicted octanol–water partition coefficient (Wildman–Crippen LogP) is 2.42. The first-order valence-electron chi connectivity index (χ1n) is 10.1. The summed E-state index contributed by atoms with van der Waals surface area (Å²) in [6.07, 6.45) is 0.914. The molecule has 1 aliphatic rings. The Morgan fingerprint density at radius 3 is 2.39 bits per heavy atom. The van der Waals surface area contributed by atoms with E-state index in [0.717, 1.165) is 37.3 Å². The number of primary sulfonamides is 1. The molecule has 2 aromatic carbocycles. The van der Waals surface area contributed by atoms with Crippen LogP contribution >= 0.6 is 0 Å². The minimum Gasteiger partial charge on any atom is -0.368 e. The molecule has 3 rings (SSSR count). The van der Waals surface area contributed by atoms with Crippen molar-refractivity contribution < 1.29 is 17.6 Å². The number of amides is 1. The number of sulfonamides is 1. The molecule has 2 atom stereocenters. The Morgan fingerprint density at radius 2 is 1.90 bits per heavy atom. The molecule has 170 valence electrons. The molecule has 9 heteroatoms. The molecule has 1 saturated heterocycles. The quantitative estimate of drug-likeness (QED) is 0.682. The van der Waals surface area contributed by atoms with Crippen molar-refractivity contribution in [3.63, 3.8) is 0 Å². The van der Waals surface area contributed by atoms with Gasteiger partial charge in [0.1, 0.15) is 5.82 Å². The zero-order valence-electron chi connectivity index (χ0n) is 18.4. The number of hydrogen-bond donors (Lipinski definition) is 2. The Hall–Kier alpha value is -2.49. The van der Waals surface area contributed by atoms with Gasteiger partial charge in [-0.25, -0.2) is 17.9 Å². The number of anilines is 1. The minimum absolute atomic E-state index is 0.0598. The van der Waals surface area contributed by atoms with Crippen LogP contribution in [0.25, 0.3) is 0 Å². The second-order valence-corrected chi connectivity index (χ2v) is 9.35. The van der Waals surface area contributed by atoms with Crippen LogP contribution in [0, 0.1) is 12.7 Å². The van der Waals surface area contributed by atoms with Crippen molar-refractivity contribution in [2.24, 2.45) is 5.14 Å². The second kappa shape index (κ2) is 10.7. The van der Waals surface area contributed by atoms with Crippen LogP contribution in [-0.4, -0.2) is 52.5 Å². The molecule has 0 aromatic heterocycles. The van der Waals surface area contributed by atoms with Crippen molar-refractivity contribution in [3.05, 3.63) is 59.4 Å². The molecular weight excluding hydrogens is 419 g/mol. The Morgan fingerprint density at radius 1 is 1.26 bits per heavy atom. The number of carbonyl (C=O) groups excluding carboxylic acids is 1. The second-order valence-electron chi connectivity index (χ2n) is 7.79. The zero-order valence-corrected chi connectivity index (χ0v) is 19.2. The molecule has 31 heavy (non-hydrogen) atoms. The third kappa shape index (κ3) is 7.02. The number of nitrogens with two attached hydrogens (primary N) is 1. The number of benzene rings is 2. The van der Waals surface area contributed by atoms with E-state index in [1.807, 2.05) is 24.9 Å². The first-order chi connectivity index (χ1) is 14.5. The van der Waals surface area contributed by atoms with Crippen molar-refractivity contribution in [1.29, 1.82) is 0 Å². The first-order valence-corrected chi connectivity index (χ1v) is 11.6. The summed E-state index contributed by atoms with van der Waals surface area (Å²) in [5.41, 5.74) is 2.28. The van der Waals surface area contributed by atoms with Gasteiger partial charge < -0.3 is 15.1 Å². The lowest BCUT2D eigenvalue weighted by molar-refractivity contribution is -0.119. The molecule has 1 unspecified atom stereocenters. The number of aryl methyl sites for hydroxylation is 1. The Bertz CT molecular complexity index is 983. The molecule has 0 spiro atoms. The Kier molecular flexibility index (Phi) is 8.55. The summed E-state index contributed by atoms with van der Waals surface area (Å²) >= 11 is 0. The van der Waals surface area contributed by atoms with E-state index < -0.39 is 10.0 Å². The molecule has 1 heterocycles. The number of nitrogens with one attached hydrogen (secondary N) is 1. The van der Waals surface area contributed by atoms with Crippen LogP contribution in [0.3, 0.4) is 0 Å². The van der Waals surface area contributed by atoms with Crippen LogP contribution in [0.1, 0.15) is 31.0 Å². The van der Waals surface area contributed by atoms with Crippen molar-refractivity contribution in [2.75, 3.05) is 31.6 Å². The fourth-order valence-electron chi connectivity index (χ4n) is 3.25. The van der Waals surface area contributed by atoms with Gasteiger partial charge in [-0.2, -0.15) is 0 Å². The molecule has 7 nitrogen and oxygen atoms in total. The van der Waals surface area contributed by atoms with Crippen LogP contribution in [0.5, 0.6) is 0 Å². The number of halogens is 1. The van der Waals surface area contributed by atoms with Crippen molar-refractivity contribution in [2.45, 2.75) is 37.8 Å². The van der Waals surface area contributed by atoms with E-state index in [1.54, 1.807) is 30.0 Å². The smallest absolute Gasteiger partial charge is 0.238 e. The highest BCUT2D eigenvalue weighted by Gasteiger charge is 2.15. The maximum absolute atomic E-state index is 13.7. The maximum Gasteiger partial charge on any atom is 0.238 e. The van der Waals surface area contributed by atoms with Crippen molar-refractivity contribution in [1.82, 2.24) is 10.2 Å². The van der Waals surface area contributed by atoms with Gasteiger partial charge in [0, 0.05) is 38.4 Å². The van der Waals surface area contributed by atoms with Gasteiger partial charge in [-0.05, 0) is 62.2 Å². The van der Waals surface area contributed by atoms with Gasteiger partial charge in [-0.3, -0.25) is 4.79 Å². The summed E-state index contributed by atoms with van der Waals surface area (Å²) < 4.78 is 36.2. The van der Waals surface area contributed by atoms with E-state index >= 15 is 0 Å². The van der Waals surface area contributed by atoms with Gasteiger partial charge in [0.2, 0.25) is 16.4 Å². The third-order valence-electron chi connectivity index (χ3n) is 5.38. The summed E-state index contributed by atoms with van der Waals surface area (Å²) in [6.45, 7) is 8.39. The fourth-order valence-corrected chi connectivity index (χ4v) is 3.76. The van der Waals surface area contributed by atoms with Crippen molar-refractivity contribution >= 4 is 22.1 Å². The molecule has 2 aromatic rings. The number of nitrogens with zero attached hydrogens (tertiary/aromatic N) is 2. The van der Waals surface area contributed by atoms with Crippen LogP contribution in [-0.2, 0) is 14.8 Å². The average molecular weight is 451 g/mol. The van der Waals surface area contributed by atoms with Crippen LogP contribution in [0.4, 0.5) is 10.1 Å². The summed E-state index contributed by atoms with van der Waals surface area (Å²) in [7, 11) is -1.83. The SMILES string of the molecule is C[C@@H]1CN(C=O)CCN1.Cc1ccc(C(C)N(C)c2ccc(S(N)(=O)=O)cc2)cc1F. The molecule has 1 amide bonds. The van der Waals surface area contributed by atoms with E-state index in [-0.39, 0.29) is 16.8 Å². The van der Waals surface area contributed by atoms with Gasteiger partial charge >= 0.3 is 0 Å². The summed E-state index contributed by atoms with van der Waals surface area (Å²) in [6, 6.07) is 11.8. The van der Waals surface area contributed by atoms with E-state index in [2.05, 4.69) is 12.2 Å². The van der Waals surface area contributed by atoms with E-state index in [0.29, 0.717) is 11.6 Å². The molecule has 0 bridgehead atoms. The van der Waals surface area contributed by atoms with Gasteiger partial charge in [0.25, 0.3) is 0 Å². The Labute approximate surface area is 184 Å².